The second-order valence-corrected chi connectivity index (χ2v) is 7.21. The van der Waals surface area contributed by atoms with Crippen molar-refractivity contribution in [3.05, 3.63) is 73.1 Å². The fourth-order valence-electron chi connectivity index (χ4n) is 3.39. The number of aliphatic imine (C=N–C) groups is 1. The molecule has 0 amide bonds. The summed E-state index contributed by atoms with van der Waals surface area (Å²) in [7, 11) is 0. The number of rotatable bonds is 7. The van der Waals surface area contributed by atoms with E-state index in [-0.39, 0.29) is 0 Å². The Morgan fingerprint density at radius 2 is 1.68 bits per heavy atom. The first-order valence-electron chi connectivity index (χ1n) is 10.4. The van der Waals surface area contributed by atoms with E-state index >= 15 is 0 Å². The highest BCUT2D eigenvalue weighted by atomic mass is 16.5. The van der Waals surface area contributed by atoms with E-state index in [2.05, 4.69) is 30.1 Å². The van der Waals surface area contributed by atoms with Crippen molar-refractivity contribution in [3.63, 3.8) is 0 Å². The maximum absolute atomic E-state index is 6.08. The molecule has 3 aromatic rings. The zero-order valence-corrected chi connectivity index (χ0v) is 17.4. The van der Waals surface area contributed by atoms with Crippen LogP contribution in [0.15, 0.2) is 78.0 Å². The molecule has 4 rings (SSSR count). The van der Waals surface area contributed by atoms with Crippen molar-refractivity contribution in [1.82, 2.24) is 14.9 Å². The van der Waals surface area contributed by atoms with Gasteiger partial charge >= 0.3 is 0 Å². The van der Waals surface area contributed by atoms with Gasteiger partial charge < -0.3 is 20.7 Å². The van der Waals surface area contributed by atoms with Crippen LogP contribution in [0.2, 0.25) is 0 Å². The lowest BCUT2D eigenvalue weighted by Gasteiger charge is -2.34. The van der Waals surface area contributed by atoms with Gasteiger partial charge in [-0.1, -0.05) is 24.3 Å². The van der Waals surface area contributed by atoms with Crippen LogP contribution in [-0.2, 0) is 0 Å². The Bertz CT molecular complexity index is 973. The van der Waals surface area contributed by atoms with Crippen molar-refractivity contribution in [2.75, 3.05) is 49.5 Å². The Morgan fingerprint density at radius 1 is 0.935 bits per heavy atom. The SMILES string of the molecule is NC(=NCCN1CCN(c2ncccn2)CC1)Nc1cccc(Oc2ccccc2)c1. The molecule has 2 heterocycles. The van der Waals surface area contributed by atoms with E-state index in [4.69, 9.17) is 10.5 Å². The van der Waals surface area contributed by atoms with Crippen molar-refractivity contribution in [2.45, 2.75) is 0 Å². The topological polar surface area (TPSA) is 91.9 Å². The van der Waals surface area contributed by atoms with Crippen LogP contribution in [0.4, 0.5) is 11.6 Å². The maximum Gasteiger partial charge on any atom is 0.225 e. The van der Waals surface area contributed by atoms with Crippen LogP contribution in [0.5, 0.6) is 11.5 Å². The number of benzene rings is 2. The summed E-state index contributed by atoms with van der Waals surface area (Å²) in [5.41, 5.74) is 6.92. The molecular formula is C23H27N7O. The van der Waals surface area contributed by atoms with Crippen LogP contribution in [0.1, 0.15) is 0 Å². The molecule has 1 saturated heterocycles. The molecule has 31 heavy (non-hydrogen) atoms. The monoisotopic (exact) mass is 417 g/mol. The van der Waals surface area contributed by atoms with Gasteiger partial charge in [0.05, 0.1) is 6.54 Å². The van der Waals surface area contributed by atoms with Gasteiger partial charge in [0.2, 0.25) is 5.95 Å². The lowest BCUT2D eigenvalue weighted by Crippen LogP contribution is -2.47. The smallest absolute Gasteiger partial charge is 0.225 e. The number of nitrogens with zero attached hydrogens (tertiary/aromatic N) is 5. The second kappa shape index (κ2) is 10.4. The quantitative estimate of drug-likeness (QED) is 0.451. The Hall–Kier alpha value is -3.65. The number of hydrogen-bond acceptors (Lipinski definition) is 6. The molecule has 0 saturated carbocycles. The molecule has 160 valence electrons. The van der Waals surface area contributed by atoms with Gasteiger partial charge in [-0.3, -0.25) is 9.89 Å². The highest BCUT2D eigenvalue weighted by Crippen LogP contribution is 2.23. The fraction of sp³-hybridized carbons (Fsp3) is 0.261. The van der Waals surface area contributed by atoms with Crippen LogP contribution in [0.25, 0.3) is 0 Å². The summed E-state index contributed by atoms with van der Waals surface area (Å²) >= 11 is 0. The van der Waals surface area contributed by atoms with E-state index in [1.165, 1.54) is 0 Å². The van der Waals surface area contributed by atoms with Crippen molar-refractivity contribution >= 4 is 17.6 Å². The molecule has 1 aliphatic heterocycles. The molecule has 1 aliphatic rings. The predicted molar refractivity (Wildman–Crippen MR) is 124 cm³/mol. The third-order valence-electron chi connectivity index (χ3n) is 4.99. The number of anilines is 2. The molecule has 0 bridgehead atoms. The number of hydrogen-bond donors (Lipinski definition) is 2. The third-order valence-corrected chi connectivity index (χ3v) is 4.99. The largest absolute Gasteiger partial charge is 0.457 e. The van der Waals surface area contributed by atoms with Crippen molar-refractivity contribution in [2.24, 2.45) is 10.7 Å². The first kappa shape index (κ1) is 20.6. The first-order valence-corrected chi connectivity index (χ1v) is 10.4. The number of para-hydroxylation sites is 1. The number of nitrogens with one attached hydrogen (secondary N) is 1. The molecule has 8 nitrogen and oxygen atoms in total. The zero-order chi connectivity index (χ0) is 21.3. The zero-order valence-electron chi connectivity index (χ0n) is 17.4. The average molecular weight is 418 g/mol. The van der Waals surface area contributed by atoms with Crippen molar-refractivity contribution in [1.29, 1.82) is 0 Å². The van der Waals surface area contributed by atoms with Gasteiger partial charge in [0.25, 0.3) is 0 Å². The number of ether oxygens (including phenoxy) is 1. The predicted octanol–water partition coefficient (Wildman–Crippen LogP) is 2.82. The number of piperazine rings is 1. The Balaban J connectivity index is 1.22. The van der Waals surface area contributed by atoms with E-state index in [1.54, 1.807) is 12.4 Å². The molecule has 3 N–H and O–H groups in total. The molecule has 0 atom stereocenters. The summed E-state index contributed by atoms with van der Waals surface area (Å²) in [5, 5.41) is 3.14. The standard InChI is InChI=1S/C23H27N7O/c24-22(28-19-6-4-9-21(18-19)31-20-7-2-1-3-8-20)25-12-13-29-14-16-30(17-15-29)23-26-10-5-11-27-23/h1-11,18H,12-17H2,(H3,24,25,28). The first-order chi connectivity index (χ1) is 15.3. The van der Waals surface area contributed by atoms with Crippen LogP contribution >= 0.6 is 0 Å². The van der Waals surface area contributed by atoms with Gasteiger partial charge in [0.15, 0.2) is 5.96 Å². The average Bonchev–Trinajstić information content (AvgIpc) is 2.81. The van der Waals surface area contributed by atoms with Crippen LogP contribution in [-0.4, -0.2) is 60.1 Å². The molecule has 1 aromatic heterocycles. The minimum absolute atomic E-state index is 0.396. The summed E-state index contributed by atoms with van der Waals surface area (Å²) in [6.07, 6.45) is 3.56. The lowest BCUT2D eigenvalue weighted by molar-refractivity contribution is 0.264. The summed E-state index contributed by atoms with van der Waals surface area (Å²) in [6.45, 7) is 5.25. The highest BCUT2D eigenvalue weighted by Gasteiger charge is 2.18. The lowest BCUT2D eigenvalue weighted by atomic mass is 10.3. The van der Waals surface area contributed by atoms with Gasteiger partial charge in [-0.05, 0) is 30.3 Å². The van der Waals surface area contributed by atoms with Crippen molar-refractivity contribution in [3.8, 4) is 11.5 Å². The molecule has 8 heteroatoms. The van der Waals surface area contributed by atoms with Gasteiger partial charge in [-0.25, -0.2) is 9.97 Å². The molecule has 2 aromatic carbocycles. The minimum Gasteiger partial charge on any atom is -0.457 e. The molecule has 0 spiro atoms. The van der Waals surface area contributed by atoms with Crippen LogP contribution in [0.3, 0.4) is 0 Å². The van der Waals surface area contributed by atoms with E-state index in [0.717, 1.165) is 55.9 Å². The van der Waals surface area contributed by atoms with Gasteiger partial charge in [0, 0.05) is 56.9 Å². The van der Waals surface area contributed by atoms with Gasteiger partial charge in [-0.15, -0.1) is 0 Å². The number of guanidine groups is 1. The summed E-state index contributed by atoms with van der Waals surface area (Å²) in [5.74, 6) is 2.73. The number of aromatic nitrogens is 2. The van der Waals surface area contributed by atoms with E-state index in [9.17, 15) is 0 Å². The third kappa shape index (κ3) is 6.16. The minimum atomic E-state index is 0.396. The Morgan fingerprint density at radius 3 is 2.45 bits per heavy atom. The van der Waals surface area contributed by atoms with E-state index < -0.39 is 0 Å². The normalized spacial score (nSPS) is 15.0. The van der Waals surface area contributed by atoms with Crippen LogP contribution < -0.4 is 20.7 Å². The van der Waals surface area contributed by atoms with Crippen molar-refractivity contribution < 1.29 is 4.74 Å². The Kier molecular flexibility index (Phi) is 6.92. The summed E-state index contributed by atoms with van der Waals surface area (Å²) in [6, 6.07) is 19.2. The molecule has 1 fully saturated rings. The van der Waals surface area contributed by atoms with Crippen LogP contribution in [0, 0.1) is 0 Å². The molecule has 0 aliphatic carbocycles. The fourth-order valence-corrected chi connectivity index (χ4v) is 3.39. The molecule has 0 unspecified atom stereocenters. The maximum atomic E-state index is 6.08. The number of nitrogens with two attached hydrogens (primary N) is 1. The highest BCUT2D eigenvalue weighted by molar-refractivity contribution is 5.92. The molecular weight excluding hydrogens is 390 g/mol. The Labute approximate surface area is 182 Å². The van der Waals surface area contributed by atoms with E-state index in [0.29, 0.717) is 12.5 Å². The summed E-state index contributed by atoms with van der Waals surface area (Å²) < 4.78 is 5.86. The van der Waals surface area contributed by atoms with Gasteiger partial charge in [0.1, 0.15) is 11.5 Å². The van der Waals surface area contributed by atoms with E-state index in [1.807, 2.05) is 60.7 Å². The van der Waals surface area contributed by atoms with Gasteiger partial charge in [-0.2, -0.15) is 0 Å². The molecule has 0 radical (unpaired) electrons. The second-order valence-electron chi connectivity index (χ2n) is 7.21. The summed E-state index contributed by atoms with van der Waals surface area (Å²) in [4.78, 5) is 17.7.